The predicted molar refractivity (Wildman–Crippen MR) is 98.9 cm³/mol. The van der Waals surface area contributed by atoms with E-state index >= 15 is 0 Å². The Kier molecular flexibility index (Phi) is 4.17. The Morgan fingerprint density at radius 3 is 2.96 bits per heavy atom. The topological polar surface area (TPSA) is 53.7 Å². The first-order valence-electron chi connectivity index (χ1n) is 8.48. The van der Waals surface area contributed by atoms with Gasteiger partial charge < -0.3 is 9.80 Å². The smallest absolute Gasteiger partial charge is 0.319 e. The summed E-state index contributed by atoms with van der Waals surface area (Å²) in [6.07, 6.45) is 4.04. The van der Waals surface area contributed by atoms with E-state index in [1.165, 1.54) is 4.88 Å². The van der Waals surface area contributed by atoms with Gasteiger partial charge in [0.15, 0.2) is 11.5 Å². The molecule has 1 atom stereocenters. The van der Waals surface area contributed by atoms with Gasteiger partial charge in [0.05, 0.1) is 0 Å². The van der Waals surface area contributed by atoms with Crippen LogP contribution in [0.15, 0.2) is 35.8 Å². The second-order valence-corrected chi connectivity index (χ2v) is 7.58. The van der Waals surface area contributed by atoms with Crippen LogP contribution in [0.3, 0.4) is 0 Å². The lowest BCUT2D eigenvalue weighted by atomic mass is 9.98. The molecule has 1 unspecified atom stereocenters. The van der Waals surface area contributed by atoms with Gasteiger partial charge in [0, 0.05) is 49.7 Å². The average molecular weight is 355 g/mol. The lowest BCUT2D eigenvalue weighted by Crippen LogP contribution is -2.44. The molecule has 0 aliphatic carbocycles. The summed E-state index contributed by atoms with van der Waals surface area (Å²) >= 11 is 1.72. The summed E-state index contributed by atoms with van der Waals surface area (Å²) in [6.45, 7) is 1.50. The van der Waals surface area contributed by atoms with E-state index in [0.717, 1.165) is 36.4 Å². The molecule has 1 fully saturated rings. The first-order valence-corrected chi connectivity index (χ1v) is 9.36. The Morgan fingerprint density at radius 2 is 2.20 bits per heavy atom. The molecule has 25 heavy (non-hydrogen) atoms. The van der Waals surface area contributed by atoms with Crippen LogP contribution in [0.2, 0.25) is 0 Å². The first kappa shape index (κ1) is 16.1. The van der Waals surface area contributed by atoms with Gasteiger partial charge in [-0.05, 0) is 36.4 Å². The van der Waals surface area contributed by atoms with Crippen molar-refractivity contribution >= 4 is 23.0 Å². The number of urea groups is 1. The van der Waals surface area contributed by atoms with Crippen LogP contribution in [-0.4, -0.2) is 57.6 Å². The van der Waals surface area contributed by atoms with Crippen molar-refractivity contribution in [1.29, 1.82) is 0 Å². The molecular formula is C18H21N5OS. The summed E-state index contributed by atoms with van der Waals surface area (Å²) in [5, 5.41) is 6.78. The van der Waals surface area contributed by atoms with E-state index in [1.54, 1.807) is 30.3 Å². The molecule has 1 aliphatic rings. The Balaban J connectivity index is 1.60. The number of pyridine rings is 1. The number of aromatic nitrogens is 3. The SMILES string of the molecule is CN(C)C(=O)N1CCCC(c2nc3ccc(-c4cccs4)cn3n2)C1. The lowest BCUT2D eigenvalue weighted by molar-refractivity contribution is 0.153. The second-order valence-electron chi connectivity index (χ2n) is 6.63. The molecule has 0 saturated carbocycles. The zero-order chi connectivity index (χ0) is 17.4. The average Bonchev–Trinajstić information content (AvgIpc) is 3.29. The van der Waals surface area contributed by atoms with Crippen molar-refractivity contribution in [3.63, 3.8) is 0 Å². The molecule has 0 bridgehead atoms. The van der Waals surface area contributed by atoms with Gasteiger partial charge >= 0.3 is 6.03 Å². The van der Waals surface area contributed by atoms with E-state index < -0.39 is 0 Å². The minimum absolute atomic E-state index is 0.0634. The Bertz CT molecular complexity index is 886. The van der Waals surface area contributed by atoms with Crippen molar-refractivity contribution in [2.24, 2.45) is 0 Å². The molecule has 0 spiro atoms. The number of fused-ring (bicyclic) bond motifs is 1. The van der Waals surface area contributed by atoms with Gasteiger partial charge in [0.1, 0.15) is 0 Å². The number of amides is 2. The van der Waals surface area contributed by atoms with Gasteiger partial charge in [-0.25, -0.2) is 14.3 Å². The van der Waals surface area contributed by atoms with Crippen LogP contribution in [0.4, 0.5) is 4.79 Å². The molecule has 4 rings (SSSR count). The molecule has 6 nitrogen and oxygen atoms in total. The molecule has 0 radical (unpaired) electrons. The minimum Gasteiger partial charge on any atom is -0.331 e. The number of carbonyl (C=O) groups is 1. The largest absolute Gasteiger partial charge is 0.331 e. The summed E-state index contributed by atoms with van der Waals surface area (Å²) in [5.41, 5.74) is 2.00. The summed E-state index contributed by atoms with van der Waals surface area (Å²) in [6, 6.07) is 8.32. The van der Waals surface area contributed by atoms with Gasteiger partial charge in [-0.2, -0.15) is 5.10 Å². The predicted octanol–water partition coefficient (Wildman–Crippen LogP) is 3.32. The molecule has 4 heterocycles. The fraction of sp³-hybridized carbons (Fsp3) is 0.389. The van der Waals surface area contributed by atoms with Gasteiger partial charge in [0.2, 0.25) is 0 Å². The van der Waals surface area contributed by atoms with Crippen LogP contribution < -0.4 is 0 Å². The highest BCUT2D eigenvalue weighted by atomic mass is 32.1. The quantitative estimate of drug-likeness (QED) is 0.709. The van der Waals surface area contributed by atoms with E-state index in [1.807, 2.05) is 21.7 Å². The molecule has 3 aromatic rings. The monoisotopic (exact) mass is 355 g/mol. The number of likely N-dealkylation sites (tertiary alicyclic amines) is 1. The van der Waals surface area contributed by atoms with E-state index in [0.29, 0.717) is 6.54 Å². The first-order chi connectivity index (χ1) is 12.1. The lowest BCUT2D eigenvalue weighted by Gasteiger charge is -2.33. The summed E-state index contributed by atoms with van der Waals surface area (Å²) in [5.74, 6) is 1.03. The highest BCUT2D eigenvalue weighted by Gasteiger charge is 2.28. The Labute approximate surface area is 150 Å². The number of hydrogen-bond acceptors (Lipinski definition) is 4. The zero-order valence-electron chi connectivity index (χ0n) is 14.4. The fourth-order valence-electron chi connectivity index (χ4n) is 3.31. The Hall–Kier alpha value is -2.41. The number of thiophene rings is 1. The normalized spacial score (nSPS) is 17.8. The summed E-state index contributed by atoms with van der Waals surface area (Å²) in [4.78, 5) is 21.7. The maximum Gasteiger partial charge on any atom is 0.319 e. The van der Waals surface area contributed by atoms with Crippen LogP contribution in [0.1, 0.15) is 24.6 Å². The van der Waals surface area contributed by atoms with Crippen LogP contribution in [0.5, 0.6) is 0 Å². The third-order valence-corrected chi connectivity index (χ3v) is 5.51. The van der Waals surface area contributed by atoms with E-state index in [2.05, 4.69) is 23.6 Å². The van der Waals surface area contributed by atoms with E-state index in [9.17, 15) is 4.79 Å². The number of carbonyl (C=O) groups excluding carboxylic acids is 1. The summed E-state index contributed by atoms with van der Waals surface area (Å²) < 4.78 is 1.86. The van der Waals surface area contributed by atoms with Crippen molar-refractivity contribution in [1.82, 2.24) is 24.4 Å². The van der Waals surface area contributed by atoms with Crippen molar-refractivity contribution in [3.8, 4) is 10.4 Å². The fourth-order valence-corrected chi connectivity index (χ4v) is 4.02. The molecule has 7 heteroatoms. The summed E-state index contributed by atoms with van der Waals surface area (Å²) in [7, 11) is 3.59. The molecule has 3 aromatic heterocycles. The molecule has 1 aliphatic heterocycles. The number of piperidine rings is 1. The third-order valence-electron chi connectivity index (χ3n) is 4.59. The third kappa shape index (κ3) is 3.11. The van der Waals surface area contributed by atoms with Crippen LogP contribution >= 0.6 is 11.3 Å². The molecule has 130 valence electrons. The molecule has 2 amide bonds. The van der Waals surface area contributed by atoms with Gasteiger partial charge in [0.25, 0.3) is 0 Å². The number of rotatable bonds is 2. The molecule has 0 aromatic carbocycles. The second kappa shape index (κ2) is 6.48. The van der Waals surface area contributed by atoms with Crippen molar-refractivity contribution in [2.75, 3.05) is 27.2 Å². The molecule has 0 N–H and O–H groups in total. The molecular weight excluding hydrogens is 334 g/mol. The van der Waals surface area contributed by atoms with Gasteiger partial charge in [-0.3, -0.25) is 0 Å². The maximum absolute atomic E-state index is 12.2. The van der Waals surface area contributed by atoms with Gasteiger partial charge in [-0.15, -0.1) is 11.3 Å². The standard InChI is InChI=1S/C18H21N5OS/c1-21(2)18(24)22-9-3-5-14(11-22)17-19-16-8-7-13(12-23(16)20-17)15-6-4-10-25-15/h4,6-8,10,12,14H,3,5,9,11H2,1-2H3. The zero-order valence-corrected chi connectivity index (χ0v) is 15.2. The van der Waals surface area contributed by atoms with Crippen molar-refractivity contribution in [2.45, 2.75) is 18.8 Å². The number of nitrogens with zero attached hydrogens (tertiary/aromatic N) is 5. The van der Waals surface area contributed by atoms with Crippen LogP contribution in [0.25, 0.3) is 16.1 Å². The highest BCUT2D eigenvalue weighted by Crippen LogP contribution is 2.27. The molecule has 1 saturated heterocycles. The van der Waals surface area contributed by atoms with Gasteiger partial charge in [-0.1, -0.05) is 6.07 Å². The van der Waals surface area contributed by atoms with E-state index in [4.69, 9.17) is 10.1 Å². The highest BCUT2D eigenvalue weighted by molar-refractivity contribution is 7.13. The Morgan fingerprint density at radius 1 is 1.32 bits per heavy atom. The van der Waals surface area contributed by atoms with Crippen LogP contribution in [-0.2, 0) is 0 Å². The van der Waals surface area contributed by atoms with Crippen molar-refractivity contribution < 1.29 is 4.79 Å². The number of hydrogen-bond donors (Lipinski definition) is 0. The van der Waals surface area contributed by atoms with Crippen LogP contribution in [0, 0.1) is 0 Å². The maximum atomic E-state index is 12.2. The van der Waals surface area contributed by atoms with Crippen molar-refractivity contribution in [3.05, 3.63) is 41.7 Å². The minimum atomic E-state index is 0.0634. The van der Waals surface area contributed by atoms with E-state index in [-0.39, 0.29) is 11.9 Å².